The molecule has 0 spiro atoms. The third-order valence-corrected chi connectivity index (χ3v) is 5.17. The normalized spacial score (nSPS) is 11.0. The lowest BCUT2D eigenvalue weighted by molar-refractivity contribution is -0.113. The standard InChI is InChI=1S/C18H17Cl2N7OS/c1-11-2-6-14(7-3-11)23-16(28)10-29-18-26-25-17(27(18)21)24-22-9-12-4-5-13(19)8-15(12)20/h2-9H,10,21H2,1H3,(H,23,28)(H,24,25)/b22-9+. The molecule has 0 atom stereocenters. The van der Waals surface area contributed by atoms with Gasteiger partial charge in [0.05, 0.1) is 17.0 Å². The number of hydrogen-bond donors (Lipinski definition) is 3. The van der Waals surface area contributed by atoms with Gasteiger partial charge < -0.3 is 11.2 Å². The summed E-state index contributed by atoms with van der Waals surface area (Å²) in [7, 11) is 0. The number of hydrazone groups is 1. The quantitative estimate of drug-likeness (QED) is 0.219. The Balaban J connectivity index is 1.54. The van der Waals surface area contributed by atoms with Gasteiger partial charge in [-0.2, -0.15) is 5.10 Å². The van der Waals surface area contributed by atoms with Crippen LogP contribution in [0.15, 0.2) is 52.7 Å². The lowest BCUT2D eigenvalue weighted by Crippen LogP contribution is -2.16. The van der Waals surface area contributed by atoms with Gasteiger partial charge in [-0.3, -0.25) is 4.79 Å². The van der Waals surface area contributed by atoms with Crippen LogP contribution in [-0.4, -0.2) is 32.7 Å². The molecule has 0 saturated heterocycles. The first-order chi connectivity index (χ1) is 13.9. The molecule has 1 amide bonds. The summed E-state index contributed by atoms with van der Waals surface area (Å²) in [5.41, 5.74) is 5.21. The van der Waals surface area contributed by atoms with E-state index in [1.54, 1.807) is 18.2 Å². The topological polar surface area (TPSA) is 110 Å². The van der Waals surface area contributed by atoms with Crippen molar-refractivity contribution in [1.82, 2.24) is 14.9 Å². The first kappa shape index (κ1) is 21.0. The Hall–Kier alpha value is -2.75. The van der Waals surface area contributed by atoms with Crippen LogP contribution in [0, 0.1) is 6.92 Å². The SMILES string of the molecule is Cc1ccc(NC(=O)CSc2nnc(N/N=C/c3ccc(Cl)cc3Cl)n2N)cc1. The Morgan fingerprint density at radius 2 is 2.00 bits per heavy atom. The van der Waals surface area contributed by atoms with E-state index in [-0.39, 0.29) is 17.6 Å². The van der Waals surface area contributed by atoms with Gasteiger partial charge >= 0.3 is 0 Å². The van der Waals surface area contributed by atoms with Gasteiger partial charge in [0.1, 0.15) is 0 Å². The van der Waals surface area contributed by atoms with E-state index in [2.05, 4.69) is 26.0 Å². The Morgan fingerprint density at radius 1 is 1.24 bits per heavy atom. The van der Waals surface area contributed by atoms with Gasteiger partial charge in [-0.1, -0.05) is 58.7 Å². The molecule has 2 aromatic carbocycles. The molecule has 0 aliphatic heterocycles. The molecule has 0 bridgehead atoms. The number of rotatable bonds is 7. The van der Waals surface area contributed by atoms with Crippen molar-refractivity contribution in [2.45, 2.75) is 12.1 Å². The molecule has 3 aromatic rings. The van der Waals surface area contributed by atoms with Crippen LogP contribution in [0.25, 0.3) is 0 Å². The van der Waals surface area contributed by atoms with Crippen molar-refractivity contribution in [3.63, 3.8) is 0 Å². The highest BCUT2D eigenvalue weighted by Gasteiger charge is 2.12. The van der Waals surface area contributed by atoms with Crippen LogP contribution in [0.3, 0.4) is 0 Å². The molecule has 0 fully saturated rings. The lowest BCUT2D eigenvalue weighted by Gasteiger charge is -2.05. The second kappa shape index (κ2) is 9.64. The predicted octanol–water partition coefficient (Wildman–Crippen LogP) is 3.78. The Labute approximate surface area is 181 Å². The number of aromatic nitrogens is 3. The van der Waals surface area contributed by atoms with Crippen LogP contribution < -0.4 is 16.6 Å². The summed E-state index contributed by atoms with van der Waals surface area (Å²) in [6, 6.07) is 12.6. The van der Waals surface area contributed by atoms with Crippen molar-refractivity contribution >= 4 is 58.7 Å². The number of nitrogens with zero attached hydrogens (tertiary/aromatic N) is 4. The highest BCUT2D eigenvalue weighted by Crippen LogP contribution is 2.20. The van der Waals surface area contributed by atoms with Gasteiger partial charge in [-0.15, -0.1) is 10.2 Å². The zero-order valence-corrected chi connectivity index (χ0v) is 17.6. The van der Waals surface area contributed by atoms with Gasteiger partial charge in [0.25, 0.3) is 5.95 Å². The van der Waals surface area contributed by atoms with E-state index >= 15 is 0 Å². The van der Waals surface area contributed by atoms with Crippen molar-refractivity contribution in [3.8, 4) is 0 Å². The van der Waals surface area contributed by atoms with E-state index in [0.29, 0.717) is 20.8 Å². The van der Waals surface area contributed by atoms with Gasteiger partial charge in [0, 0.05) is 16.3 Å². The average Bonchev–Trinajstić information content (AvgIpc) is 3.03. The number of carbonyl (C=O) groups is 1. The number of hydrogen-bond acceptors (Lipinski definition) is 7. The number of aryl methyl sites for hydroxylation is 1. The smallest absolute Gasteiger partial charge is 0.264 e. The van der Waals surface area contributed by atoms with Crippen molar-refractivity contribution in [2.24, 2.45) is 5.10 Å². The molecular formula is C18H17Cl2N7OS. The minimum atomic E-state index is -0.174. The fraction of sp³-hybridized carbons (Fsp3) is 0.111. The molecule has 150 valence electrons. The first-order valence-corrected chi connectivity index (χ1v) is 10.1. The Kier molecular flexibility index (Phi) is 6.97. The van der Waals surface area contributed by atoms with Crippen LogP contribution in [0.2, 0.25) is 10.0 Å². The van der Waals surface area contributed by atoms with Gasteiger partial charge in [0.2, 0.25) is 11.1 Å². The third kappa shape index (κ3) is 5.86. The van der Waals surface area contributed by atoms with Gasteiger partial charge in [0.15, 0.2) is 0 Å². The van der Waals surface area contributed by atoms with Crippen LogP contribution in [0.1, 0.15) is 11.1 Å². The zero-order valence-electron chi connectivity index (χ0n) is 15.3. The lowest BCUT2D eigenvalue weighted by atomic mass is 10.2. The maximum Gasteiger partial charge on any atom is 0.264 e. The molecule has 0 radical (unpaired) electrons. The number of anilines is 2. The minimum absolute atomic E-state index is 0.132. The number of halogens is 2. The summed E-state index contributed by atoms with van der Waals surface area (Å²) in [5, 5.41) is 16.1. The maximum atomic E-state index is 12.1. The molecule has 0 aliphatic rings. The van der Waals surface area contributed by atoms with Crippen molar-refractivity contribution in [3.05, 3.63) is 63.6 Å². The van der Waals surface area contributed by atoms with E-state index < -0.39 is 0 Å². The van der Waals surface area contributed by atoms with Crippen LogP contribution in [-0.2, 0) is 4.79 Å². The van der Waals surface area contributed by atoms with E-state index in [0.717, 1.165) is 23.0 Å². The second-order valence-corrected chi connectivity index (χ2v) is 7.70. The zero-order chi connectivity index (χ0) is 20.8. The van der Waals surface area contributed by atoms with Gasteiger partial charge in [-0.25, -0.2) is 10.1 Å². The van der Waals surface area contributed by atoms with Crippen molar-refractivity contribution < 1.29 is 4.79 Å². The molecular weight excluding hydrogens is 433 g/mol. The van der Waals surface area contributed by atoms with Crippen molar-refractivity contribution in [2.75, 3.05) is 22.3 Å². The van der Waals surface area contributed by atoms with E-state index in [1.807, 2.05) is 31.2 Å². The summed E-state index contributed by atoms with van der Waals surface area (Å²) in [6.07, 6.45) is 1.51. The number of nitrogens with one attached hydrogen (secondary N) is 2. The van der Waals surface area contributed by atoms with E-state index in [4.69, 9.17) is 29.0 Å². The summed E-state index contributed by atoms with van der Waals surface area (Å²) in [5.74, 6) is 6.12. The van der Waals surface area contributed by atoms with Gasteiger partial charge in [-0.05, 0) is 31.2 Å². The van der Waals surface area contributed by atoms with E-state index in [1.165, 1.54) is 10.9 Å². The number of nitrogen functional groups attached to an aromatic ring is 1. The number of benzene rings is 2. The molecule has 3 rings (SSSR count). The molecule has 0 saturated carbocycles. The number of carbonyl (C=O) groups excluding carboxylic acids is 1. The average molecular weight is 450 g/mol. The third-order valence-electron chi connectivity index (χ3n) is 3.66. The van der Waals surface area contributed by atoms with E-state index in [9.17, 15) is 4.79 Å². The Bertz CT molecular complexity index is 1040. The number of nitrogens with two attached hydrogens (primary N) is 1. The van der Waals surface area contributed by atoms with Crippen LogP contribution in [0.4, 0.5) is 11.6 Å². The first-order valence-electron chi connectivity index (χ1n) is 8.36. The molecule has 0 unspecified atom stereocenters. The predicted molar refractivity (Wildman–Crippen MR) is 118 cm³/mol. The molecule has 1 aromatic heterocycles. The van der Waals surface area contributed by atoms with Crippen LogP contribution >= 0.6 is 35.0 Å². The fourth-order valence-corrected chi connectivity index (χ4v) is 3.30. The summed E-state index contributed by atoms with van der Waals surface area (Å²) in [6.45, 7) is 1.98. The highest BCUT2D eigenvalue weighted by molar-refractivity contribution is 7.99. The maximum absolute atomic E-state index is 12.1. The second-order valence-electron chi connectivity index (χ2n) is 5.91. The molecule has 11 heteroatoms. The Morgan fingerprint density at radius 3 is 2.72 bits per heavy atom. The fourth-order valence-electron chi connectivity index (χ4n) is 2.18. The molecule has 4 N–H and O–H groups in total. The summed E-state index contributed by atoms with van der Waals surface area (Å²) < 4.78 is 1.21. The number of amides is 1. The molecule has 29 heavy (non-hydrogen) atoms. The number of thioether (sulfide) groups is 1. The molecule has 0 aliphatic carbocycles. The highest BCUT2D eigenvalue weighted by atomic mass is 35.5. The van der Waals surface area contributed by atoms with Crippen molar-refractivity contribution in [1.29, 1.82) is 0 Å². The molecule has 8 nitrogen and oxygen atoms in total. The summed E-state index contributed by atoms with van der Waals surface area (Å²) >= 11 is 13.1. The minimum Gasteiger partial charge on any atom is -0.334 e. The summed E-state index contributed by atoms with van der Waals surface area (Å²) in [4.78, 5) is 12.1. The monoisotopic (exact) mass is 449 g/mol. The molecule has 1 heterocycles. The van der Waals surface area contributed by atoms with Crippen LogP contribution in [0.5, 0.6) is 0 Å². The largest absolute Gasteiger partial charge is 0.334 e.